The highest BCUT2D eigenvalue weighted by Gasteiger charge is 2.35. The second-order valence-corrected chi connectivity index (χ2v) is 10.4. The predicted molar refractivity (Wildman–Crippen MR) is 121 cm³/mol. The molecule has 1 aliphatic heterocycles. The van der Waals surface area contributed by atoms with E-state index in [0.717, 1.165) is 6.42 Å². The maximum atomic E-state index is 13.4. The van der Waals surface area contributed by atoms with Gasteiger partial charge in [0.05, 0.1) is 10.7 Å². The van der Waals surface area contributed by atoms with Gasteiger partial charge in [0, 0.05) is 31.1 Å². The van der Waals surface area contributed by atoms with Gasteiger partial charge < -0.3 is 0 Å². The molecule has 0 bridgehead atoms. The van der Waals surface area contributed by atoms with Crippen molar-refractivity contribution < 1.29 is 8.42 Å². The van der Waals surface area contributed by atoms with Crippen molar-refractivity contribution in [1.82, 2.24) is 18.7 Å². The molecule has 0 radical (unpaired) electrons. The van der Waals surface area contributed by atoms with Crippen molar-refractivity contribution in [2.75, 3.05) is 13.1 Å². The Morgan fingerprint density at radius 3 is 2.52 bits per heavy atom. The highest BCUT2D eigenvalue weighted by molar-refractivity contribution is 7.89. The van der Waals surface area contributed by atoms with Gasteiger partial charge in [0.15, 0.2) is 0 Å². The fourth-order valence-corrected chi connectivity index (χ4v) is 6.24. The monoisotopic (exact) mass is 480 g/mol. The molecule has 2 heterocycles. The number of sulfonamides is 1. The molecule has 1 saturated heterocycles. The Labute approximate surface area is 190 Å². The van der Waals surface area contributed by atoms with Crippen molar-refractivity contribution in [2.24, 2.45) is 7.05 Å². The zero-order chi connectivity index (χ0) is 22.3. The van der Waals surface area contributed by atoms with Crippen LogP contribution in [0, 0.1) is 6.92 Å². The van der Waals surface area contributed by atoms with Crippen molar-refractivity contribution in [2.45, 2.75) is 30.6 Å². The molecule has 10 heteroatoms. The largest absolute Gasteiger partial charge is 0.350 e. The summed E-state index contributed by atoms with van der Waals surface area (Å²) in [6, 6.07) is 12.2. The van der Waals surface area contributed by atoms with E-state index < -0.39 is 10.0 Å². The highest BCUT2D eigenvalue weighted by atomic mass is 35.5. The first-order chi connectivity index (χ1) is 14.7. The molecule has 164 valence electrons. The van der Waals surface area contributed by atoms with Crippen molar-refractivity contribution >= 4 is 33.2 Å². The van der Waals surface area contributed by atoms with E-state index in [1.807, 2.05) is 30.3 Å². The van der Waals surface area contributed by atoms with Gasteiger partial charge >= 0.3 is 5.69 Å². The number of aryl methyl sites for hydroxylation is 2. The summed E-state index contributed by atoms with van der Waals surface area (Å²) in [5.41, 5.74) is 1.07. The van der Waals surface area contributed by atoms with Crippen LogP contribution in [0.1, 0.15) is 30.1 Å². The zero-order valence-corrected chi connectivity index (χ0v) is 19.5. The third-order valence-corrected chi connectivity index (χ3v) is 8.28. The number of benzene rings is 2. The third kappa shape index (κ3) is 4.05. The Kier molecular flexibility index (Phi) is 6.00. The molecule has 1 fully saturated rings. The van der Waals surface area contributed by atoms with E-state index in [-0.39, 0.29) is 28.1 Å². The van der Waals surface area contributed by atoms with Gasteiger partial charge in [0.1, 0.15) is 10.7 Å². The number of hydrogen-bond donors (Lipinski definition) is 0. The maximum Gasteiger partial charge on any atom is 0.350 e. The number of hydrogen-bond acceptors (Lipinski definition) is 4. The molecule has 2 aromatic carbocycles. The number of nitrogens with zero attached hydrogens (tertiary/aromatic N) is 4. The number of halogens is 2. The van der Waals surface area contributed by atoms with Gasteiger partial charge in [0.25, 0.3) is 0 Å². The van der Waals surface area contributed by atoms with E-state index in [9.17, 15) is 13.2 Å². The topological polar surface area (TPSA) is 77.2 Å². The van der Waals surface area contributed by atoms with Crippen molar-refractivity contribution in [3.8, 4) is 5.69 Å². The first kappa shape index (κ1) is 22.1. The Hall–Kier alpha value is -2.13. The lowest BCUT2D eigenvalue weighted by atomic mass is 9.98. The molecule has 31 heavy (non-hydrogen) atoms. The van der Waals surface area contributed by atoms with Crippen LogP contribution in [-0.4, -0.2) is 40.2 Å². The van der Waals surface area contributed by atoms with Crippen LogP contribution in [0.15, 0.2) is 52.2 Å². The van der Waals surface area contributed by atoms with E-state index >= 15 is 0 Å². The van der Waals surface area contributed by atoms with Gasteiger partial charge in [-0.15, -0.1) is 0 Å². The summed E-state index contributed by atoms with van der Waals surface area (Å²) in [7, 11) is -2.24. The maximum absolute atomic E-state index is 13.4. The SMILES string of the molecule is Cc1cc(S(=O)(=O)N2CCCC(c3nn(C)c(=O)n3-c3ccccc3)C2)c(Cl)cc1Cl. The molecule has 0 spiro atoms. The molecule has 0 saturated carbocycles. The summed E-state index contributed by atoms with van der Waals surface area (Å²) >= 11 is 12.3. The Balaban J connectivity index is 1.72. The lowest BCUT2D eigenvalue weighted by molar-refractivity contribution is 0.307. The molecule has 1 aromatic heterocycles. The van der Waals surface area contributed by atoms with Gasteiger partial charge in [-0.3, -0.25) is 0 Å². The third-order valence-electron chi connectivity index (χ3n) is 5.54. The lowest BCUT2D eigenvalue weighted by Crippen LogP contribution is -2.40. The minimum absolute atomic E-state index is 0.0400. The Morgan fingerprint density at radius 1 is 1.10 bits per heavy atom. The molecule has 3 aromatic rings. The Morgan fingerprint density at radius 2 is 1.81 bits per heavy atom. The summed E-state index contributed by atoms with van der Waals surface area (Å²) in [5, 5.41) is 4.96. The second-order valence-electron chi connectivity index (χ2n) is 7.67. The van der Waals surface area contributed by atoms with E-state index in [4.69, 9.17) is 23.2 Å². The molecular weight excluding hydrogens is 459 g/mol. The summed E-state index contributed by atoms with van der Waals surface area (Å²) in [6.45, 7) is 2.33. The van der Waals surface area contributed by atoms with E-state index in [0.29, 0.717) is 35.1 Å². The van der Waals surface area contributed by atoms with Crippen LogP contribution in [0.4, 0.5) is 0 Å². The molecule has 0 N–H and O–H groups in total. The van der Waals surface area contributed by atoms with Crippen LogP contribution >= 0.6 is 23.2 Å². The summed E-state index contributed by atoms with van der Waals surface area (Å²) in [5.74, 6) is 0.321. The summed E-state index contributed by atoms with van der Waals surface area (Å²) in [6.07, 6.45) is 1.37. The fraction of sp³-hybridized carbons (Fsp3) is 0.333. The average Bonchev–Trinajstić information content (AvgIpc) is 3.06. The van der Waals surface area contributed by atoms with Crippen molar-refractivity contribution in [3.63, 3.8) is 0 Å². The molecule has 0 aliphatic carbocycles. The van der Waals surface area contributed by atoms with Crippen LogP contribution in [0.3, 0.4) is 0 Å². The number of para-hydroxylation sites is 1. The number of aromatic nitrogens is 3. The first-order valence-electron chi connectivity index (χ1n) is 9.87. The zero-order valence-electron chi connectivity index (χ0n) is 17.1. The first-order valence-corrected chi connectivity index (χ1v) is 12.1. The van der Waals surface area contributed by atoms with Crippen LogP contribution in [-0.2, 0) is 17.1 Å². The Bertz CT molecular complexity index is 1290. The van der Waals surface area contributed by atoms with Crippen LogP contribution in [0.25, 0.3) is 5.69 Å². The predicted octanol–water partition coefficient (Wildman–Crippen LogP) is 3.75. The molecular formula is C21H22Cl2N4O3S. The van der Waals surface area contributed by atoms with Crippen molar-refractivity contribution in [3.05, 3.63) is 74.4 Å². The molecule has 1 aliphatic rings. The number of rotatable bonds is 4. The van der Waals surface area contributed by atoms with Crippen LogP contribution < -0.4 is 5.69 Å². The van der Waals surface area contributed by atoms with Gasteiger partial charge in [0.2, 0.25) is 10.0 Å². The van der Waals surface area contributed by atoms with Gasteiger partial charge in [-0.1, -0.05) is 41.4 Å². The smallest absolute Gasteiger partial charge is 0.247 e. The second kappa shape index (κ2) is 8.43. The van der Waals surface area contributed by atoms with E-state index in [2.05, 4.69) is 5.10 Å². The standard InChI is InChI=1S/C21H22Cl2N4O3S/c1-14-11-19(18(23)12-17(14)22)31(29,30)26-10-6-7-15(13-26)20-24-25(2)21(28)27(20)16-8-4-3-5-9-16/h3-5,8-9,11-12,15H,6-7,10,13H2,1-2H3. The van der Waals surface area contributed by atoms with Gasteiger partial charge in [-0.2, -0.15) is 9.40 Å². The van der Waals surface area contributed by atoms with Crippen LogP contribution in [0.5, 0.6) is 0 Å². The van der Waals surface area contributed by atoms with E-state index in [1.54, 1.807) is 18.5 Å². The summed E-state index contributed by atoms with van der Waals surface area (Å²) in [4.78, 5) is 12.8. The van der Waals surface area contributed by atoms with Gasteiger partial charge in [-0.25, -0.2) is 22.5 Å². The quantitative estimate of drug-likeness (QED) is 0.569. The van der Waals surface area contributed by atoms with Gasteiger partial charge in [-0.05, 0) is 49.6 Å². The lowest BCUT2D eigenvalue weighted by Gasteiger charge is -2.31. The molecule has 7 nitrogen and oxygen atoms in total. The molecule has 1 atom stereocenters. The fourth-order valence-electron chi connectivity index (χ4n) is 3.91. The minimum atomic E-state index is -3.83. The van der Waals surface area contributed by atoms with E-state index in [1.165, 1.54) is 21.1 Å². The van der Waals surface area contributed by atoms with Crippen LogP contribution in [0.2, 0.25) is 10.0 Å². The number of piperidine rings is 1. The normalized spacial score (nSPS) is 17.7. The molecule has 4 rings (SSSR count). The molecule has 0 amide bonds. The van der Waals surface area contributed by atoms with Crippen molar-refractivity contribution in [1.29, 1.82) is 0 Å². The minimum Gasteiger partial charge on any atom is -0.247 e. The highest BCUT2D eigenvalue weighted by Crippen LogP contribution is 2.34. The summed E-state index contributed by atoms with van der Waals surface area (Å²) < 4.78 is 31.0. The molecule has 1 unspecified atom stereocenters. The average molecular weight is 481 g/mol.